The van der Waals surface area contributed by atoms with Gasteiger partial charge in [-0.25, -0.2) is 15.0 Å². The Balaban J connectivity index is 2.17. The van der Waals surface area contributed by atoms with Crippen LogP contribution in [0.3, 0.4) is 0 Å². The second-order valence-corrected chi connectivity index (χ2v) is 5.11. The molecule has 0 radical (unpaired) electrons. The van der Waals surface area contributed by atoms with Crippen LogP contribution in [0.15, 0.2) is 12.7 Å². The predicted molar refractivity (Wildman–Crippen MR) is 66.0 cm³/mol. The molecule has 5 N–H and O–H groups in total. The van der Waals surface area contributed by atoms with Gasteiger partial charge in [0.15, 0.2) is 11.5 Å². The highest BCUT2D eigenvalue weighted by Gasteiger charge is 2.51. The fraction of sp³-hybridized carbons (Fsp3) is 0.545. The van der Waals surface area contributed by atoms with Crippen LogP contribution in [0.5, 0.6) is 0 Å². The molecule has 0 saturated heterocycles. The summed E-state index contributed by atoms with van der Waals surface area (Å²) in [5.74, 6) is 0.251. The van der Waals surface area contributed by atoms with E-state index in [1.54, 1.807) is 11.5 Å². The Kier molecular flexibility index (Phi) is 2.49. The summed E-state index contributed by atoms with van der Waals surface area (Å²) >= 11 is 0. The van der Waals surface area contributed by atoms with Crippen molar-refractivity contribution < 1.29 is 15.3 Å². The number of fused-ring (bicyclic) bond motifs is 1. The summed E-state index contributed by atoms with van der Waals surface area (Å²) in [6, 6.07) is 0. The summed E-state index contributed by atoms with van der Waals surface area (Å²) in [6.07, 6.45) is -0.295. The summed E-state index contributed by atoms with van der Waals surface area (Å²) in [7, 11) is 0. The molecule has 8 heteroatoms. The van der Waals surface area contributed by atoms with Crippen molar-refractivity contribution in [2.24, 2.45) is 0 Å². The fourth-order valence-electron chi connectivity index (χ4n) is 2.71. The molecule has 3 rings (SSSR count). The van der Waals surface area contributed by atoms with Gasteiger partial charge in [-0.2, -0.15) is 0 Å². The van der Waals surface area contributed by atoms with Crippen molar-refractivity contribution in [1.82, 2.24) is 19.5 Å². The van der Waals surface area contributed by atoms with Crippen LogP contribution in [0.2, 0.25) is 0 Å². The first-order chi connectivity index (χ1) is 8.95. The number of nitrogen functional groups attached to an aromatic ring is 1. The van der Waals surface area contributed by atoms with Gasteiger partial charge in [0, 0.05) is 6.42 Å². The largest absolute Gasteiger partial charge is 0.390 e. The Morgan fingerprint density at radius 2 is 2.05 bits per heavy atom. The average molecular weight is 265 g/mol. The monoisotopic (exact) mass is 265 g/mol. The number of rotatable bonds is 1. The summed E-state index contributed by atoms with van der Waals surface area (Å²) in [5, 5.41) is 29.6. The van der Waals surface area contributed by atoms with Gasteiger partial charge in [0.05, 0.1) is 18.0 Å². The third-order valence-corrected chi connectivity index (χ3v) is 3.89. The second-order valence-electron chi connectivity index (χ2n) is 5.11. The highest BCUT2D eigenvalue weighted by molar-refractivity contribution is 5.81. The first-order valence-electron chi connectivity index (χ1n) is 5.93. The van der Waals surface area contributed by atoms with E-state index in [0.717, 1.165) is 0 Å². The number of aromatic nitrogens is 4. The molecule has 1 saturated carbocycles. The molecule has 0 unspecified atom stereocenters. The predicted octanol–water partition coefficient (Wildman–Crippen LogP) is -1.39. The molecule has 19 heavy (non-hydrogen) atoms. The summed E-state index contributed by atoms with van der Waals surface area (Å²) in [6.45, 7) is 1.73. The molecule has 102 valence electrons. The minimum Gasteiger partial charge on any atom is -0.390 e. The topological polar surface area (TPSA) is 130 Å². The van der Waals surface area contributed by atoms with Crippen molar-refractivity contribution in [3.8, 4) is 0 Å². The molecule has 2 aromatic rings. The smallest absolute Gasteiger partial charge is 0.166 e. The van der Waals surface area contributed by atoms with E-state index in [9.17, 15) is 15.3 Å². The highest BCUT2D eigenvalue weighted by atomic mass is 16.4. The normalized spacial score (nSPS) is 35.1. The van der Waals surface area contributed by atoms with Gasteiger partial charge in [-0.1, -0.05) is 0 Å². The van der Waals surface area contributed by atoms with E-state index in [1.165, 1.54) is 12.7 Å². The molecule has 8 nitrogen and oxygen atoms in total. The van der Waals surface area contributed by atoms with Crippen LogP contribution in [0.25, 0.3) is 11.2 Å². The van der Waals surface area contributed by atoms with E-state index < -0.39 is 23.9 Å². The maximum atomic E-state index is 10.2. The Morgan fingerprint density at radius 3 is 2.68 bits per heavy atom. The lowest BCUT2D eigenvalue weighted by atomic mass is 9.97. The van der Waals surface area contributed by atoms with Crippen LogP contribution in [0.1, 0.15) is 13.3 Å². The molecule has 0 aromatic carbocycles. The zero-order valence-corrected chi connectivity index (χ0v) is 10.3. The Morgan fingerprint density at radius 1 is 1.32 bits per heavy atom. The number of imidazole rings is 1. The van der Waals surface area contributed by atoms with Gasteiger partial charge in [0.1, 0.15) is 24.1 Å². The number of aliphatic hydroxyl groups is 3. The number of anilines is 1. The molecule has 2 aromatic heterocycles. The van der Waals surface area contributed by atoms with Gasteiger partial charge in [-0.3, -0.25) is 0 Å². The lowest BCUT2D eigenvalue weighted by Crippen LogP contribution is -2.42. The van der Waals surface area contributed by atoms with Gasteiger partial charge in [-0.15, -0.1) is 0 Å². The molecular weight excluding hydrogens is 250 g/mol. The van der Waals surface area contributed by atoms with Crippen molar-refractivity contribution in [2.45, 2.75) is 37.2 Å². The second kappa shape index (κ2) is 3.86. The molecule has 2 heterocycles. The van der Waals surface area contributed by atoms with E-state index in [0.29, 0.717) is 11.2 Å². The van der Waals surface area contributed by atoms with Crippen molar-refractivity contribution in [2.75, 3.05) is 5.73 Å². The van der Waals surface area contributed by atoms with Gasteiger partial charge in [-0.05, 0) is 6.92 Å². The average Bonchev–Trinajstić information content (AvgIpc) is 2.89. The zero-order chi connectivity index (χ0) is 13.8. The van der Waals surface area contributed by atoms with Crippen LogP contribution < -0.4 is 5.73 Å². The minimum absolute atomic E-state index is 0.199. The van der Waals surface area contributed by atoms with E-state index in [2.05, 4.69) is 15.0 Å². The highest BCUT2D eigenvalue weighted by Crippen LogP contribution is 2.38. The number of hydrogen-bond donors (Lipinski definition) is 4. The molecule has 1 fully saturated rings. The minimum atomic E-state index is -1.19. The maximum absolute atomic E-state index is 10.2. The molecule has 0 spiro atoms. The first-order valence-corrected chi connectivity index (χ1v) is 5.93. The SMILES string of the molecule is C[C@@]1(n2cnc3c(N)ncnc32)C[C@H](O)[C@@H](O)[C@H]1O. The molecule has 0 aliphatic heterocycles. The lowest BCUT2D eigenvalue weighted by molar-refractivity contribution is -0.0373. The molecule has 4 atom stereocenters. The van der Waals surface area contributed by atoms with E-state index in [-0.39, 0.29) is 12.2 Å². The summed E-state index contributed by atoms with van der Waals surface area (Å²) in [4.78, 5) is 12.1. The molecule has 1 aliphatic rings. The van der Waals surface area contributed by atoms with Crippen LogP contribution in [-0.4, -0.2) is 53.2 Å². The molecule has 0 amide bonds. The molecule has 1 aliphatic carbocycles. The van der Waals surface area contributed by atoms with Crippen molar-refractivity contribution >= 4 is 17.0 Å². The van der Waals surface area contributed by atoms with Crippen LogP contribution in [-0.2, 0) is 5.54 Å². The fourth-order valence-corrected chi connectivity index (χ4v) is 2.71. The summed E-state index contributed by atoms with van der Waals surface area (Å²) in [5.41, 5.74) is 5.72. The summed E-state index contributed by atoms with van der Waals surface area (Å²) < 4.78 is 1.63. The number of hydrogen-bond acceptors (Lipinski definition) is 7. The van der Waals surface area contributed by atoms with Gasteiger partial charge in [0.25, 0.3) is 0 Å². The van der Waals surface area contributed by atoms with Crippen LogP contribution in [0.4, 0.5) is 5.82 Å². The third kappa shape index (κ3) is 1.54. The van der Waals surface area contributed by atoms with Crippen molar-refractivity contribution in [3.63, 3.8) is 0 Å². The quantitative estimate of drug-likeness (QED) is 0.499. The number of aliphatic hydroxyl groups excluding tert-OH is 3. The van der Waals surface area contributed by atoms with E-state index in [4.69, 9.17) is 5.73 Å². The van der Waals surface area contributed by atoms with E-state index >= 15 is 0 Å². The number of nitrogens with zero attached hydrogens (tertiary/aromatic N) is 4. The number of nitrogens with two attached hydrogens (primary N) is 1. The van der Waals surface area contributed by atoms with Crippen LogP contribution in [0, 0.1) is 0 Å². The van der Waals surface area contributed by atoms with Crippen LogP contribution >= 0.6 is 0 Å². The van der Waals surface area contributed by atoms with E-state index in [1.807, 2.05) is 0 Å². The molecule has 0 bridgehead atoms. The van der Waals surface area contributed by atoms with Gasteiger partial charge < -0.3 is 25.6 Å². The van der Waals surface area contributed by atoms with Crippen molar-refractivity contribution in [3.05, 3.63) is 12.7 Å². The molecular formula is C11H15N5O3. The Hall–Kier alpha value is -1.77. The Labute approximate surface area is 108 Å². The van der Waals surface area contributed by atoms with Gasteiger partial charge >= 0.3 is 0 Å². The zero-order valence-electron chi connectivity index (χ0n) is 10.3. The van der Waals surface area contributed by atoms with Crippen molar-refractivity contribution in [1.29, 1.82) is 0 Å². The maximum Gasteiger partial charge on any atom is 0.166 e. The Bertz CT molecular complexity index is 630. The lowest BCUT2D eigenvalue weighted by Gasteiger charge is -2.30. The van der Waals surface area contributed by atoms with Gasteiger partial charge in [0.2, 0.25) is 0 Å². The third-order valence-electron chi connectivity index (χ3n) is 3.89. The standard InChI is InChI=1S/C11H15N5O3/c1-11(2-5(17)7(18)8(11)19)16-4-15-6-9(12)13-3-14-10(6)16/h3-5,7-8,17-19H,2H2,1H3,(H2,12,13,14)/t5-,7+,8+,11+/m0/s1. The first kappa shape index (κ1) is 12.3.